The molecule has 0 aliphatic rings. The summed E-state index contributed by atoms with van der Waals surface area (Å²) in [6.07, 6.45) is 3.39. The third kappa shape index (κ3) is 5.74. The minimum atomic E-state index is -0.410. The molecule has 1 unspecified atom stereocenters. The quantitative estimate of drug-likeness (QED) is 0.198. The maximum Gasteiger partial charge on any atom is 0.194 e. The van der Waals surface area contributed by atoms with Gasteiger partial charge in [0, 0.05) is 43.0 Å². The van der Waals surface area contributed by atoms with Gasteiger partial charge < -0.3 is 14.6 Å². The van der Waals surface area contributed by atoms with Crippen molar-refractivity contribution in [1.29, 1.82) is 0 Å². The Labute approximate surface area is 236 Å². The van der Waals surface area contributed by atoms with Crippen LogP contribution in [0.3, 0.4) is 0 Å². The van der Waals surface area contributed by atoms with E-state index >= 15 is 0 Å². The average Bonchev–Trinajstić information content (AvgIpc) is 3.00. The molecule has 1 atom stereocenters. The van der Waals surface area contributed by atoms with Gasteiger partial charge in [-0.05, 0) is 67.7 Å². The second-order valence-electron chi connectivity index (χ2n) is 9.42. The van der Waals surface area contributed by atoms with Crippen LogP contribution >= 0.6 is 0 Å². The van der Waals surface area contributed by atoms with Gasteiger partial charge in [0.15, 0.2) is 5.43 Å². The Balaban J connectivity index is 1.54. The zero-order valence-electron chi connectivity index (χ0n) is 23.0. The number of aromatic nitrogens is 3. The van der Waals surface area contributed by atoms with Gasteiger partial charge in [0.05, 0.1) is 30.1 Å². The van der Waals surface area contributed by atoms with Crippen LogP contribution in [-0.2, 0) is 6.54 Å². The number of hydrogen-bond donors (Lipinski definition) is 1. The minimum absolute atomic E-state index is 0.245. The van der Waals surface area contributed by atoms with Gasteiger partial charge in [-0.3, -0.25) is 14.8 Å². The van der Waals surface area contributed by atoms with Crippen molar-refractivity contribution in [3.8, 4) is 17.0 Å². The van der Waals surface area contributed by atoms with E-state index < -0.39 is 6.04 Å². The van der Waals surface area contributed by atoms with Crippen molar-refractivity contribution >= 4 is 29.3 Å². The summed E-state index contributed by atoms with van der Waals surface area (Å²) in [6.45, 7) is 6.14. The SMILES string of the molecule is C=Nc1c(/C(=N\C)NC(C)c2nc3ccc(F)cc3cc2-c2ccccn2)c(=O)ccn1Cc1ccc(OC)cc1. The molecule has 0 aliphatic heterocycles. The van der Waals surface area contributed by atoms with Crippen molar-refractivity contribution in [2.24, 2.45) is 9.98 Å². The summed E-state index contributed by atoms with van der Waals surface area (Å²) in [5.74, 6) is 1.15. The first-order chi connectivity index (χ1) is 19.9. The predicted molar refractivity (Wildman–Crippen MR) is 161 cm³/mol. The van der Waals surface area contributed by atoms with Crippen LogP contribution in [0.25, 0.3) is 22.2 Å². The fourth-order valence-corrected chi connectivity index (χ4v) is 4.75. The molecule has 0 fully saturated rings. The Morgan fingerprint density at radius 3 is 2.61 bits per heavy atom. The second kappa shape index (κ2) is 11.9. The number of benzene rings is 2. The van der Waals surface area contributed by atoms with Crippen LogP contribution in [0, 0.1) is 5.82 Å². The predicted octanol–water partition coefficient (Wildman–Crippen LogP) is 5.71. The number of rotatable bonds is 8. The number of halogens is 1. The maximum absolute atomic E-state index is 14.0. The number of ether oxygens (including phenoxy) is 1. The molecule has 0 bridgehead atoms. The molecule has 1 N–H and O–H groups in total. The number of aliphatic imine (C=N–C) groups is 2. The monoisotopic (exact) mass is 548 g/mol. The first-order valence-corrected chi connectivity index (χ1v) is 13.0. The summed E-state index contributed by atoms with van der Waals surface area (Å²) in [4.78, 5) is 31.2. The molecule has 0 aliphatic carbocycles. The van der Waals surface area contributed by atoms with Crippen LogP contribution in [0.5, 0.6) is 5.75 Å². The molecular formula is C32H29FN6O2. The zero-order chi connectivity index (χ0) is 28.9. The highest BCUT2D eigenvalue weighted by atomic mass is 19.1. The van der Waals surface area contributed by atoms with E-state index in [9.17, 15) is 9.18 Å². The van der Waals surface area contributed by atoms with E-state index in [2.05, 4.69) is 27.0 Å². The lowest BCUT2D eigenvalue weighted by molar-refractivity contribution is 0.414. The summed E-state index contributed by atoms with van der Waals surface area (Å²) in [7, 11) is 3.23. The lowest BCUT2D eigenvalue weighted by atomic mass is 10.0. The average molecular weight is 549 g/mol. The maximum atomic E-state index is 14.0. The normalized spacial score (nSPS) is 12.2. The molecule has 3 heterocycles. The Bertz CT molecular complexity index is 1800. The second-order valence-corrected chi connectivity index (χ2v) is 9.42. The van der Waals surface area contributed by atoms with Crippen molar-refractivity contribution in [3.05, 3.63) is 118 Å². The Morgan fingerprint density at radius 2 is 1.93 bits per heavy atom. The number of amidine groups is 1. The van der Waals surface area contributed by atoms with Gasteiger partial charge in [-0.1, -0.05) is 18.2 Å². The Kier molecular flexibility index (Phi) is 7.96. The van der Waals surface area contributed by atoms with E-state index in [4.69, 9.17) is 9.72 Å². The Hall–Kier alpha value is -5.18. The van der Waals surface area contributed by atoms with Crippen LogP contribution in [0.4, 0.5) is 10.2 Å². The molecule has 0 spiro atoms. The van der Waals surface area contributed by atoms with E-state index in [-0.39, 0.29) is 11.2 Å². The first kappa shape index (κ1) is 27.4. The van der Waals surface area contributed by atoms with Crippen molar-refractivity contribution in [2.45, 2.75) is 19.5 Å². The van der Waals surface area contributed by atoms with Crippen molar-refractivity contribution in [2.75, 3.05) is 14.2 Å². The molecule has 2 aromatic carbocycles. The molecule has 5 rings (SSSR count). The van der Waals surface area contributed by atoms with Gasteiger partial charge in [-0.2, -0.15) is 0 Å². The summed E-state index contributed by atoms with van der Waals surface area (Å²) in [5.41, 5.74) is 3.80. The van der Waals surface area contributed by atoms with Gasteiger partial charge in [-0.15, -0.1) is 0 Å². The molecule has 0 saturated heterocycles. The van der Waals surface area contributed by atoms with Gasteiger partial charge in [0.1, 0.15) is 28.8 Å². The van der Waals surface area contributed by atoms with E-state index in [0.717, 1.165) is 16.9 Å². The molecule has 5 aromatic rings. The van der Waals surface area contributed by atoms with Gasteiger partial charge >= 0.3 is 0 Å². The van der Waals surface area contributed by atoms with Crippen LogP contribution in [0.2, 0.25) is 0 Å². The molecule has 8 nitrogen and oxygen atoms in total. The third-order valence-electron chi connectivity index (χ3n) is 6.78. The fourth-order valence-electron chi connectivity index (χ4n) is 4.75. The van der Waals surface area contributed by atoms with E-state index in [1.807, 2.05) is 60.0 Å². The fraction of sp³-hybridized carbons (Fsp3) is 0.156. The highest BCUT2D eigenvalue weighted by Crippen LogP contribution is 2.30. The largest absolute Gasteiger partial charge is 0.497 e. The number of hydrogen-bond acceptors (Lipinski definition) is 6. The van der Waals surface area contributed by atoms with Gasteiger partial charge in [0.25, 0.3) is 0 Å². The number of nitrogens with zero attached hydrogens (tertiary/aromatic N) is 5. The first-order valence-electron chi connectivity index (χ1n) is 13.0. The van der Waals surface area contributed by atoms with Crippen molar-refractivity contribution in [1.82, 2.24) is 19.9 Å². The molecular weight excluding hydrogens is 519 g/mol. The van der Waals surface area contributed by atoms with Crippen molar-refractivity contribution < 1.29 is 9.13 Å². The van der Waals surface area contributed by atoms with Crippen LogP contribution in [0.15, 0.2) is 100.0 Å². The van der Waals surface area contributed by atoms with Crippen LogP contribution < -0.4 is 15.5 Å². The molecule has 9 heteroatoms. The standard InChI is InChI=1S/C32H29FN6O2/c1-20(30-25(27-7-5-6-15-36-27)18-22-17-23(33)10-13-26(22)38-30)37-31(34-2)29-28(40)14-16-39(32(29)35-3)19-21-8-11-24(41-4)12-9-21/h5-18,20H,3,19H2,1-2,4H3,(H,34,37). The number of methoxy groups -OCH3 is 1. The van der Waals surface area contributed by atoms with Gasteiger partial charge in [0.2, 0.25) is 0 Å². The lowest BCUT2D eigenvalue weighted by Crippen LogP contribution is -2.33. The smallest absolute Gasteiger partial charge is 0.194 e. The summed E-state index contributed by atoms with van der Waals surface area (Å²) in [5, 5.41) is 4.04. The molecule has 0 amide bonds. The van der Waals surface area contributed by atoms with E-state index in [0.29, 0.717) is 46.1 Å². The van der Waals surface area contributed by atoms with E-state index in [1.165, 1.54) is 18.2 Å². The topological polar surface area (TPSA) is 93.8 Å². The molecule has 0 saturated carbocycles. The lowest BCUT2D eigenvalue weighted by Gasteiger charge is -2.21. The van der Waals surface area contributed by atoms with Gasteiger partial charge in [-0.25, -0.2) is 14.4 Å². The molecule has 206 valence electrons. The molecule has 41 heavy (non-hydrogen) atoms. The molecule has 0 radical (unpaired) electrons. The number of nitrogens with one attached hydrogen (secondary N) is 1. The minimum Gasteiger partial charge on any atom is -0.497 e. The van der Waals surface area contributed by atoms with Crippen LogP contribution in [0.1, 0.15) is 29.8 Å². The third-order valence-corrected chi connectivity index (χ3v) is 6.78. The number of pyridine rings is 3. The zero-order valence-corrected chi connectivity index (χ0v) is 23.0. The number of fused-ring (bicyclic) bond motifs is 1. The van der Waals surface area contributed by atoms with Crippen LogP contribution in [-0.4, -0.2) is 41.2 Å². The van der Waals surface area contributed by atoms with E-state index in [1.54, 1.807) is 32.6 Å². The highest BCUT2D eigenvalue weighted by molar-refractivity contribution is 6.02. The summed E-state index contributed by atoms with van der Waals surface area (Å²) < 4.78 is 21.1. The Morgan fingerprint density at radius 1 is 1.12 bits per heavy atom. The molecule has 3 aromatic heterocycles. The van der Waals surface area contributed by atoms with Crippen molar-refractivity contribution in [3.63, 3.8) is 0 Å². The summed E-state index contributed by atoms with van der Waals surface area (Å²) in [6, 6.07) is 20.7. The highest BCUT2D eigenvalue weighted by Gasteiger charge is 2.22. The summed E-state index contributed by atoms with van der Waals surface area (Å²) >= 11 is 0.